The molecule has 0 spiro atoms. The average molecular weight is 231 g/mol. The SMILES string of the molecule is CCCC(CBr)CC1CC=CC1. The normalized spacial score (nSPS) is 20.2. The minimum absolute atomic E-state index is 0.917. The quantitative estimate of drug-likeness (QED) is 0.492. The highest BCUT2D eigenvalue weighted by molar-refractivity contribution is 9.09. The zero-order valence-corrected chi connectivity index (χ0v) is 9.52. The molecule has 0 bridgehead atoms. The highest BCUT2D eigenvalue weighted by Crippen LogP contribution is 2.28. The van der Waals surface area contributed by atoms with Crippen LogP contribution in [0.4, 0.5) is 0 Å². The minimum Gasteiger partial charge on any atom is -0.0925 e. The fourth-order valence-electron chi connectivity index (χ4n) is 2.00. The molecule has 0 aromatic rings. The van der Waals surface area contributed by atoms with E-state index in [0.29, 0.717) is 0 Å². The van der Waals surface area contributed by atoms with Crippen molar-refractivity contribution in [2.75, 3.05) is 5.33 Å². The summed E-state index contributed by atoms with van der Waals surface area (Å²) in [5.74, 6) is 1.87. The number of rotatable bonds is 5. The van der Waals surface area contributed by atoms with Gasteiger partial charge in [0.05, 0.1) is 0 Å². The van der Waals surface area contributed by atoms with Crippen LogP contribution >= 0.6 is 15.9 Å². The molecular weight excluding hydrogens is 212 g/mol. The first-order valence-electron chi connectivity index (χ1n) is 5.07. The van der Waals surface area contributed by atoms with Crippen LogP contribution in [0.3, 0.4) is 0 Å². The summed E-state index contributed by atoms with van der Waals surface area (Å²) in [7, 11) is 0. The predicted octanol–water partition coefficient (Wildman–Crippen LogP) is 4.15. The molecule has 0 saturated heterocycles. The molecule has 0 amide bonds. The Kier molecular flexibility index (Phi) is 4.98. The lowest BCUT2D eigenvalue weighted by Gasteiger charge is -2.17. The highest BCUT2D eigenvalue weighted by atomic mass is 79.9. The van der Waals surface area contributed by atoms with Crippen LogP contribution in [-0.4, -0.2) is 5.33 Å². The van der Waals surface area contributed by atoms with Gasteiger partial charge in [-0.1, -0.05) is 41.4 Å². The summed E-state index contributed by atoms with van der Waals surface area (Å²) < 4.78 is 0. The molecule has 1 atom stereocenters. The third kappa shape index (κ3) is 3.30. The van der Waals surface area contributed by atoms with Gasteiger partial charge in [-0.05, 0) is 37.5 Å². The van der Waals surface area contributed by atoms with Crippen LogP contribution in [-0.2, 0) is 0 Å². The van der Waals surface area contributed by atoms with Crippen LogP contribution < -0.4 is 0 Å². The maximum atomic E-state index is 3.60. The lowest BCUT2D eigenvalue weighted by molar-refractivity contribution is 0.392. The van der Waals surface area contributed by atoms with Crippen molar-refractivity contribution in [1.29, 1.82) is 0 Å². The number of hydrogen-bond acceptors (Lipinski definition) is 0. The van der Waals surface area contributed by atoms with E-state index in [1.165, 1.54) is 37.4 Å². The molecule has 0 N–H and O–H groups in total. The second kappa shape index (κ2) is 5.80. The molecular formula is C11H19Br. The molecule has 0 aromatic heterocycles. The summed E-state index contributed by atoms with van der Waals surface area (Å²) in [6, 6.07) is 0. The van der Waals surface area contributed by atoms with E-state index < -0.39 is 0 Å². The van der Waals surface area contributed by atoms with E-state index in [9.17, 15) is 0 Å². The van der Waals surface area contributed by atoms with Gasteiger partial charge in [-0.2, -0.15) is 0 Å². The van der Waals surface area contributed by atoms with Crippen LogP contribution in [0, 0.1) is 11.8 Å². The lowest BCUT2D eigenvalue weighted by Crippen LogP contribution is -2.07. The maximum Gasteiger partial charge on any atom is 0.00597 e. The van der Waals surface area contributed by atoms with E-state index in [1.807, 2.05) is 0 Å². The number of halogens is 1. The first kappa shape index (κ1) is 10.3. The molecule has 12 heavy (non-hydrogen) atoms. The molecule has 0 aromatic carbocycles. The molecule has 70 valence electrons. The van der Waals surface area contributed by atoms with Crippen molar-refractivity contribution in [3.05, 3.63) is 12.2 Å². The van der Waals surface area contributed by atoms with Crippen LogP contribution in [0.2, 0.25) is 0 Å². The van der Waals surface area contributed by atoms with Gasteiger partial charge in [0, 0.05) is 5.33 Å². The summed E-state index contributed by atoms with van der Waals surface area (Å²) in [5.41, 5.74) is 0. The van der Waals surface area contributed by atoms with E-state index >= 15 is 0 Å². The third-order valence-electron chi connectivity index (χ3n) is 2.69. The van der Waals surface area contributed by atoms with Gasteiger partial charge in [-0.25, -0.2) is 0 Å². The predicted molar refractivity (Wildman–Crippen MR) is 58.7 cm³/mol. The van der Waals surface area contributed by atoms with Crippen LogP contribution in [0.15, 0.2) is 12.2 Å². The van der Waals surface area contributed by atoms with Gasteiger partial charge in [0.2, 0.25) is 0 Å². The van der Waals surface area contributed by atoms with Gasteiger partial charge in [-0.15, -0.1) is 0 Å². The second-order valence-electron chi connectivity index (χ2n) is 3.85. The molecule has 0 fully saturated rings. The van der Waals surface area contributed by atoms with Crippen LogP contribution in [0.25, 0.3) is 0 Å². The van der Waals surface area contributed by atoms with Gasteiger partial charge < -0.3 is 0 Å². The Morgan fingerprint density at radius 2 is 2.08 bits per heavy atom. The van der Waals surface area contributed by atoms with Crippen molar-refractivity contribution >= 4 is 15.9 Å². The first-order chi connectivity index (χ1) is 5.86. The van der Waals surface area contributed by atoms with E-state index in [1.54, 1.807) is 0 Å². The molecule has 0 saturated carbocycles. The molecule has 0 nitrogen and oxygen atoms in total. The molecule has 0 radical (unpaired) electrons. The number of allylic oxidation sites excluding steroid dienone is 2. The topological polar surface area (TPSA) is 0 Å². The zero-order valence-electron chi connectivity index (χ0n) is 7.93. The summed E-state index contributed by atoms with van der Waals surface area (Å²) in [5, 5.41) is 1.19. The summed E-state index contributed by atoms with van der Waals surface area (Å²) >= 11 is 3.60. The van der Waals surface area contributed by atoms with Gasteiger partial charge in [0.25, 0.3) is 0 Å². The Bertz CT molecular complexity index is 132. The van der Waals surface area contributed by atoms with Crippen LogP contribution in [0.1, 0.15) is 39.0 Å². The molecule has 1 aliphatic carbocycles. The van der Waals surface area contributed by atoms with E-state index in [0.717, 1.165) is 11.8 Å². The van der Waals surface area contributed by atoms with Crippen LogP contribution in [0.5, 0.6) is 0 Å². The fourth-order valence-corrected chi connectivity index (χ4v) is 2.59. The van der Waals surface area contributed by atoms with E-state index in [2.05, 4.69) is 35.0 Å². The Hall–Kier alpha value is 0.220. The van der Waals surface area contributed by atoms with Crippen molar-refractivity contribution in [2.24, 2.45) is 11.8 Å². The maximum absolute atomic E-state index is 3.60. The lowest BCUT2D eigenvalue weighted by atomic mass is 9.91. The highest BCUT2D eigenvalue weighted by Gasteiger charge is 2.15. The smallest absolute Gasteiger partial charge is 0.00597 e. The minimum atomic E-state index is 0.917. The Morgan fingerprint density at radius 1 is 1.42 bits per heavy atom. The van der Waals surface area contributed by atoms with Gasteiger partial charge >= 0.3 is 0 Å². The van der Waals surface area contributed by atoms with Crippen molar-refractivity contribution in [1.82, 2.24) is 0 Å². The second-order valence-corrected chi connectivity index (χ2v) is 4.50. The Morgan fingerprint density at radius 3 is 2.58 bits per heavy atom. The first-order valence-corrected chi connectivity index (χ1v) is 6.20. The molecule has 1 unspecified atom stereocenters. The molecule has 1 heteroatoms. The van der Waals surface area contributed by atoms with E-state index in [4.69, 9.17) is 0 Å². The molecule has 0 heterocycles. The Labute approximate surface area is 84.6 Å². The number of alkyl halides is 1. The Balaban J connectivity index is 2.17. The largest absolute Gasteiger partial charge is 0.0925 e. The zero-order chi connectivity index (χ0) is 8.81. The molecule has 1 rings (SSSR count). The standard InChI is InChI=1S/C11H19Br/c1-2-5-11(9-12)8-10-6-3-4-7-10/h3-4,10-11H,2,5-9H2,1H3. The van der Waals surface area contributed by atoms with Gasteiger partial charge in [0.15, 0.2) is 0 Å². The van der Waals surface area contributed by atoms with Gasteiger partial charge in [0.1, 0.15) is 0 Å². The average Bonchev–Trinajstić information content (AvgIpc) is 2.56. The fraction of sp³-hybridized carbons (Fsp3) is 0.818. The van der Waals surface area contributed by atoms with Crippen molar-refractivity contribution in [2.45, 2.75) is 39.0 Å². The third-order valence-corrected chi connectivity index (χ3v) is 3.60. The number of hydrogen-bond donors (Lipinski definition) is 0. The van der Waals surface area contributed by atoms with Crippen molar-refractivity contribution in [3.63, 3.8) is 0 Å². The molecule has 0 aliphatic heterocycles. The van der Waals surface area contributed by atoms with Crippen molar-refractivity contribution in [3.8, 4) is 0 Å². The monoisotopic (exact) mass is 230 g/mol. The van der Waals surface area contributed by atoms with E-state index in [-0.39, 0.29) is 0 Å². The van der Waals surface area contributed by atoms with Crippen molar-refractivity contribution < 1.29 is 0 Å². The summed E-state index contributed by atoms with van der Waals surface area (Å²) in [6.07, 6.45) is 11.5. The van der Waals surface area contributed by atoms with Gasteiger partial charge in [-0.3, -0.25) is 0 Å². The molecule has 1 aliphatic rings. The summed E-state index contributed by atoms with van der Waals surface area (Å²) in [6.45, 7) is 2.28. The summed E-state index contributed by atoms with van der Waals surface area (Å²) in [4.78, 5) is 0.